The van der Waals surface area contributed by atoms with E-state index in [1.807, 2.05) is 20.8 Å². The van der Waals surface area contributed by atoms with Crippen LogP contribution in [0, 0.1) is 5.41 Å². The SMILES string of the molecule is CC(C)(C)C(=O)OC(P)(PP)P(P)P. The summed E-state index contributed by atoms with van der Waals surface area (Å²) in [6, 6.07) is 0. The third kappa shape index (κ3) is 4.92. The average molecular weight is 308 g/mol. The Morgan fingerprint density at radius 3 is 2.00 bits per heavy atom. The molecule has 6 atom stereocenters. The van der Waals surface area contributed by atoms with Crippen molar-refractivity contribution in [3.8, 4) is 0 Å². The van der Waals surface area contributed by atoms with E-state index in [1.54, 1.807) is 0 Å². The molecule has 0 amide bonds. The fourth-order valence-corrected chi connectivity index (χ4v) is 7.35. The van der Waals surface area contributed by atoms with E-state index in [4.69, 9.17) is 4.74 Å². The molecular formula is C6H18O2P6. The van der Waals surface area contributed by atoms with Gasteiger partial charge >= 0.3 is 5.97 Å². The van der Waals surface area contributed by atoms with Crippen LogP contribution in [-0.4, -0.2) is 10.8 Å². The Hall–Kier alpha value is 2.05. The number of hydrogen-bond acceptors (Lipinski definition) is 2. The van der Waals surface area contributed by atoms with E-state index in [9.17, 15) is 4.79 Å². The summed E-state index contributed by atoms with van der Waals surface area (Å²) in [4.78, 5) is 11.3. The lowest BCUT2D eigenvalue weighted by molar-refractivity contribution is -0.153. The third-order valence-corrected chi connectivity index (χ3v) is 14.2. The molecule has 2 nitrogen and oxygen atoms in total. The predicted octanol–water partition coefficient (Wildman–Crippen LogP) is 3.59. The van der Waals surface area contributed by atoms with Gasteiger partial charge in [0.25, 0.3) is 0 Å². The van der Waals surface area contributed by atoms with Gasteiger partial charge in [-0.05, 0) is 36.3 Å². The van der Waals surface area contributed by atoms with Gasteiger partial charge in [-0.25, -0.2) is 0 Å². The van der Waals surface area contributed by atoms with Crippen LogP contribution in [0.3, 0.4) is 0 Å². The Bertz CT molecular complexity index is 213. The van der Waals surface area contributed by atoms with Crippen molar-refractivity contribution in [2.75, 3.05) is 0 Å². The van der Waals surface area contributed by atoms with Gasteiger partial charge < -0.3 is 4.74 Å². The number of ether oxygens (including phenoxy) is 1. The Balaban J connectivity index is 4.56. The highest BCUT2D eigenvalue weighted by Crippen LogP contribution is 2.74. The minimum Gasteiger partial charge on any atom is -0.445 e. The minimum absolute atomic E-state index is 0.153. The highest BCUT2D eigenvalue weighted by atomic mass is 32.4. The summed E-state index contributed by atoms with van der Waals surface area (Å²) < 4.78 is 5.52. The molecule has 0 fully saturated rings. The molecule has 0 aromatic carbocycles. The van der Waals surface area contributed by atoms with Gasteiger partial charge in [0, 0.05) is 0 Å². The number of hydrogen-bond donors (Lipinski definition) is 0. The van der Waals surface area contributed by atoms with Gasteiger partial charge in [0.05, 0.1) is 5.41 Å². The van der Waals surface area contributed by atoms with Crippen LogP contribution in [0.15, 0.2) is 0 Å². The highest BCUT2D eigenvalue weighted by molar-refractivity contribution is 8.47. The zero-order valence-electron chi connectivity index (χ0n) is 8.57. The van der Waals surface area contributed by atoms with E-state index in [1.165, 1.54) is 0 Å². The predicted molar refractivity (Wildman–Crippen MR) is 82.4 cm³/mol. The number of esters is 1. The summed E-state index contributed by atoms with van der Waals surface area (Å²) >= 11 is 0. The van der Waals surface area contributed by atoms with Crippen molar-refractivity contribution in [3.05, 3.63) is 0 Å². The van der Waals surface area contributed by atoms with Crippen LogP contribution in [0.5, 0.6) is 0 Å². The van der Waals surface area contributed by atoms with Crippen LogP contribution in [0.25, 0.3) is 0 Å². The Kier molecular flexibility index (Phi) is 7.01. The van der Waals surface area contributed by atoms with Crippen molar-refractivity contribution in [1.29, 1.82) is 0 Å². The summed E-state index contributed by atoms with van der Waals surface area (Å²) in [7, 11) is 10.7. The van der Waals surface area contributed by atoms with Crippen molar-refractivity contribution in [3.63, 3.8) is 0 Å². The van der Waals surface area contributed by atoms with Crippen LogP contribution >= 0.6 is 51.6 Å². The van der Waals surface area contributed by atoms with Crippen LogP contribution in [0.1, 0.15) is 20.8 Å². The van der Waals surface area contributed by atoms with Crippen molar-refractivity contribution >= 4 is 57.6 Å². The zero-order chi connectivity index (χ0) is 11.6. The highest BCUT2D eigenvalue weighted by Gasteiger charge is 2.35. The van der Waals surface area contributed by atoms with E-state index in [0.29, 0.717) is 8.27 Å². The molecule has 0 aromatic heterocycles. The quantitative estimate of drug-likeness (QED) is 0.588. The molecule has 0 bridgehead atoms. The van der Waals surface area contributed by atoms with Gasteiger partial charge in [0.2, 0.25) is 0 Å². The van der Waals surface area contributed by atoms with Crippen LogP contribution in [0.2, 0.25) is 0 Å². The van der Waals surface area contributed by atoms with Gasteiger partial charge in [-0.1, -0.05) is 9.24 Å². The maximum Gasteiger partial charge on any atom is 0.312 e. The second-order valence-electron chi connectivity index (χ2n) is 3.89. The Labute approximate surface area is 98.3 Å². The lowest BCUT2D eigenvalue weighted by Gasteiger charge is -2.34. The molecule has 0 aliphatic carbocycles. The lowest BCUT2D eigenvalue weighted by Crippen LogP contribution is -2.28. The smallest absolute Gasteiger partial charge is 0.312 e. The van der Waals surface area contributed by atoms with E-state index >= 15 is 0 Å². The molecule has 0 radical (unpaired) electrons. The summed E-state index contributed by atoms with van der Waals surface area (Å²) in [5, 5.41) is 0. The molecule has 0 rings (SSSR count). The molecule has 0 saturated carbocycles. The maximum absolute atomic E-state index is 11.7. The fraction of sp³-hybridized carbons (Fsp3) is 0.833. The van der Waals surface area contributed by atoms with Crippen LogP contribution in [-0.2, 0) is 9.53 Å². The maximum atomic E-state index is 11.7. The van der Waals surface area contributed by atoms with Crippen molar-refractivity contribution < 1.29 is 9.53 Å². The molecule has 0 aliphatic heterocycles. The van der Waals surface area contributed by atoms with E-state index in [-0.39, 0.29) is 5.97 Å². The average Bonchev–Trinajstić information content (AvgIpc) is 2.02. The van der Waals surface area contributed by atoms with E-state index < -0.39 is 17.5 Å². The summed E-state index contributed by atoms with van der Waals surface area (Å²) in [6.45, 7) is 5.58. The second kappa shape index (κ2) is 6.11. The summed E-state index contributed by atoms with van der Waals surface area (Å²) in [6.07, 6.45) is 0. The first-order valence-electron chi connectivity index (χ1n) is 3.93. The number of carbonyl (C=O) groups excluding carboxylic acids is 1. The minimum atomic E-state index is -0.481. The first-order chi connectivity index (χ1) is 6.13. The summed E-state index contributed by atoms with van der Waals surface area (Å²) in [5.41, 5.74) is -0.438. The molecule has 8 heteroatoms. The first-order valence-corrected chi connectivity index (χ1v) is 11.9. The van der Waals surface area contributed by atoms with Crippen molar-refractivity contribution in [2.45, 2.75) is 25.6 Å². The summed E-state index contributed by atoms with van der Waals surface area (Å²) in [5.74, 6) is -0.153. The van der Waals surface area contributed by atoms with Gasteiger partial charge in [0.1, 0.15) is 0 Å². The largest absolute Gasteiger partial charge is 0.445 e. The topological polar surface area (TPSA) is 26.3 Å². The zero-order valence-corrected chi connectivity index (χ0v) is 15.1. The van der Waals surface area contributed by atoms with E-state index in [0.717, 1.165) is 0 Å². The molecular weight excluding hydrogens is 290 g/mol. The van der Waals surface area contributed by atoms with Crippen LogP contribution in [0.4, 0.5) is 0 Å². The van der Waals surface area contributed by atoms with Crippen LogP contribution < -0.4 is 0 Å². The molecule has 0 N–H and O–H groups in total. The Morgan fingerprint density at radius 1 is 1.36 bits per heavy atom. The second-order valence-corrected chi connectivity index (χ2v) is 14.7. The molecule has 0 aliphatic rings. The molecule has 0 spiro atoms. The normalized spacial score (nSPS) is 17.4. The fourth-order valence-electron chi connectivity index (χ4n) is 0.451. The third-order valence-electron chi connectivity index (χ3n) is 1.45. The molecule has 6 unspecified atom stereocenters. The van der Waals surface area contributed by atoms with Gasteiger partial charge in [-0.3, -0.25) is 4.79 Å². The van der Waals surface area contributed by atoms with Gasteiger partial charge in [-0.2, -0.15) is 0 Å². The Morgan fingerprint density at radius 2 is 1.79 bits per heavy atom. The van der Waals surface area contributed by atoms with Gasteiger partial charge in [0.15, 0.2) is 4.82 Å². The molecule has 0 heterocycles. The van der Waals surface area contributed by atoms with Crippen molar-refractivity contribution in [1.82, 2.24) is 0 Å². The monoisotopic (exact) mass is 308 g/mol. The van der Waals surface area contributed by atoms with Crippen molar-refractivity contribution in [2.24, 2.45) is 5.41 Å². The van der Waals surface area contributed by atoms with Gasteiger partial charge in [-0.15, -0.1) is 26.8 Å². The molecule has 14 heavy (non-hydrogen) atoms. The lowest BCUT2D eigenvalue weighted by atomic mass is 9.98. The number of carbonyl (C=O) groups is 1. The molecule has 0 aromatic rings. The van der Waals surface area contributed by atoms with E-state index in [2.05, 4.69) is 36.0 Å². The first kappa shape index (κ1) is 16.1. The molecule has 0 saturated heterocycles. The standard InChI is InChI=1S/C6H18O2P6/c1-5(2,3)4(7)8-6(9,13-10)14(11)12/h13H,9-12H2,1-3H3. The molecule has 84 valence electrons. The number of rotatable bonds is 3.